The second-order valence-electron chi connectivity index (χ2n) is 3.62. The molecule has 0 bridgehead atoms. The first-order valence-electron chi connectivity index (χ1n) is 4.86. The molecule has 0 unspecified atom stereocenters. The molecule has 5 heteroatoms. The topological polar surface area (TPSA) is 38.3 Å². The normalized spacial score (nSPS) is 19.4. The summed E-state index contributed by atoms with van der Waals surface area (Å²) in [6, 6.07) is 4.52. The third-order valence-corrected chi connectivity index (χ3v) is 2.54. The molecule has 3 nitrogen and oxygen atoms in total. The van der Waals surface area contributed by atoms with Crippen LogP contribution in [0, 0.1) is 12.7 Å². The lowest BCUT2D eigenvalue weighted by Crippen LogP contribution is -2.35. The maximum absolute atomic E-state index is 12.9. The molecular formula is C11H13ClFNO2. The van der Waals surface area contributed by atoms with E-state index in [1.54, 1.807) is 6.07 Å². The fraction of sp³-hybridized carbons (Fsp3) is 0.364. The number of halogens is 2. The van der Waals surface area contributed by atoms with Crippen molar-refractivity contribution in [2.24, 2.45) is 0 Å². The molecule has 1 heterocycles. The SMILES string of the molecule is Cc1cc(F)ccc1[C@@H]1CCOC(=O)N1.Cl. The number of aryl methyl sites for hydroxylation is 1. The second-order valence-corrected chi connectivity index (χ2v) is 3.62. The van der Waals surface area contributed by atoms with Gasteiger partial charge in [0.2, 0.25) is 0 Å². The van der Waals surface area contributed by atoms with E-state index in [4.69, 9.17) is 4.74 Å². The fourth-order valence-electron chi connectivity index (χ4n) is 1.79. The first-order valence-corrected chi connectivity index (χ1v) is 4.86. The highest BCUT2D eigenvalue weighted by Crippen LogP contribution is 2.23. The van der Waals surface area contributed by atoms with Gasteiger partial charge in [0.1, 0.15) is 5.82 Å². The molecule has 1 aromatic rings. The molecule has 1 saturated heterocycles. The molecule has 0 aliphatic carbocycles. The average molecular weight is 246 g/mol. The highest BCUT2D eigenvalue weighted by molar-refractivity contribution is 5.85. The van der Waals surface area contributed by atoms with E-state index in [0.29, 0.717) is 6.61 Å². The van der Waals surface area contributed by atoms with E-state index >= 15 is 0 Å². The number of carbonyl (C=O) groups is 1. The Balaban J connectivity index is 0.00000128. The van der Waals surface area contributed by atoms with Crippen LogP contribution in [-0.4, -0.2) is 12.7 Å². The van der Waals surface area contributed by atoms with Crippen molar-refractivity contribution < 1.29 is 13.9 Å². The number of cyclic esters (lactones) is 1. The Morgan fingerprint density at radius 3 is 2.88 bits per heavy atom. The number of nitrogens with one attached hydrogen (secondary N) is 1. The molecule has 1 amide bonds. The molecular weight excluding hydrogens is 233 g/mol. The van der Waals surface area contributed by atoms with E-state index in [-0.39, 0.29) is 24.3 Å². The lowest BCUT2D eigenvalue weighted by atomic mass is 9.98. The third kappa shape index (κ3) is 2.64. The van der Waals surface area contributed by atoms with Crippen molar-refractivity contribution in [3.05, 3.63) is 35.1 Å². The first kappa shape index (κ1) is 12.8. The van der Waals surface area contributed by atoms with Crippen LogP contribution in [0.15, 0.2) is 18.2 Å². The Hall–Kier alpha value is -1.29. The van der Waals surface area contributed by atoms with E-state index in [9.17, 15) is 9.18 Å². The van der Waals surface area contributed by atoms with Gasteiger partial charge in [0.15, 0.2) is 0 Å². The molecule has 1 aliphatic rings. The minimum atomic E-state index is -0.407. The van der Waals surface area contributed by atoms with Gasteiger partial charge in [0, 0.05) is 6.42 Å². The molecule has 1 aliphatic heterocycles. The van der Waals surface area contributed by atoms with Crippen LogP contribution < -0.4 is 5.32 Å². The molecule has 0 radical (unpaired) electrons. The lowest BCUT2D eigenvalue weighted by Gasteiger charge is -2.24. The summed E-state index contributed by atoms with van der Waals surface area (Å²) in [6.45, 7) is 2.24. The highest BCUT2D eigenvalue weighted by Gasteiger charge is 2.21. The van der Waals surface area contributed by atoms with Crippen molar-refractivity contribution in [2.75, 3.05) is 6.61 Å². The van der Waals surface area contributed by atoms with Crippen LogP contribution >= 0.6 is 12.4 Å². The van der Waals surface area contributed by atoms with Crippen LogP contribution in [0.25, 0.3) is 0 Å². The highest BCUT2D eigenvalue weighted by atomic mass is 35.5. The predicted molar refractivity (Wildman–Crippen MR) is 60.2 cm³/mol. The van der Waals surface area contributed by atoms with E-state index < -0.39 is 6.09 Å². The van der Waals surface area contributed by atoms with E-state index in [1.165, 1.54) is 12.1 Å². The molecule has 1 aromatic carbocycles. The summed E-state index contributed by atoms with van der Waals surface area (Å²) in [5.41, 5.74) is 1.80. The third-order valence-electron chi connectivity index (χ3n) is 2.54. The van der Waals surface area contributed by atoms with Crippen molar-refractivity contribution in [3.63, 3.8) is 0 Å². The minimum Gasteiger partial charge on any atom is -0.449 e. The zero-order chi connectivity index (χ0) is 10.8. The first-order chi connectivity index (χ1) is 7.16. The summed E-state index contributed by atoms with van der Waals surface area (Å²) in [6.07, 6.45) is 0.313. The van der Waals surface area contributed by atoms with Crippen LogP contribution in [0.2, 0.25) is 0 Å². The maximum Gasteiger partial charge on any atom is 0.407 e. The Bertz CT molecular complexity index is 398. The van der Waals surface area contributed by atoms with Gasteiger partial charge in [-0.25, -0.2) is 9.18 Å². The number of benzene rings is 1. The Labute approximate surface area is 99.4 Å². The van der Waals surface area contributed by atoms with Crippen molar-refractivity contribution in [1.82, 2.24) is 5.32 Å². The van der Waals surface area contributed by atoms with Crippen molar-refractivity contribution >= 4 is 18.5 Å². The van der Waals surface area contributed by atoms with Gasteiger partial charge in [0.05, 0.1) is 12.6 Å². The van der Waals surface area contributed by atoms with E-state index in [0.717, 1.165) is 17.5 Å². The molecule has 2 rings (SSSR count). The zero-order valence-electron chi connectivity index (χ0n) is 8.83. The van der Waals surface area contributed by atoms with Crippen LogP contribution in [0.3, 0.4) is 0 Å². The summed E-state index contributed by atoms with van der Waals surface area (Å²) >= 11 is 0. The summed E-state index contributed by atoms with van der Waals surface area (Å²) in [5, 5.41) is 2.71. The van der Waals surface area contributed by atoms with Gasteiger partial charge in [-0.1, -0.05) is 6.07 Å². The van der Waals surface area contributed by atoms with Gasteiger partial charge in [0.25, 0.3) is 0 Å². The van der Waals surface area contributed by atoms with Gasteiger partial charge in [-0.3, -0.25) is 0 Å². The Kier molecular flexibility index (Phi) is 4.12. The monoisotopic (exact) mass is 245 g/mol. The van der Waals surface area contributed by atoms with Crippen molar-refractivity contribution in [3.8, 4) is 0 Å². The van der Waals surface area contributed by atoms with E-state index in [2.05, 4.69) is 5.32 Å². The standard InChI is InChI=1S/C11H12FNO2.ClH/c1-7-6-8(12)2-3-9(7)10-4-5-15-11(14)13-10;/h2-3,6,10H,4-5H2,1H3,(H,13,14);1H/t10-;/m0./s1. The van der Waals surface area contributed by atoms with Gasteiger partial charge in [-0.2, -0.15) is 0 Å². The molecule has 88 valence electrons. The summed E-state index contributed by atoms with van der Waals surface area (Å²) < 4.78 is 17.6. The van der Waals surface area contributed by atoms with E-state index in [1.807, 2.05) is 6.92 Å². The van der Waals surface area contributed by atoms with Gasteiger partial charge in [-0.15, -0.1) is 12.4 Å². The lowest BCUT2D eigenvalue weighted by molar-refractivity contribution is 0.115. The van der Waals surface area contributed by atoms with Crippen molar-refractivity contribution in [1.29, 1.82) is 0 Å². The fourth-order valence-corrected chi connectivity index (χ4v) is 1.79. The van der Waals surface area contributed by atoms with Crippen LogP contribution in [0.5, 0.6) is 0 Å². The van der Waals surface area contributed by atoms with Crippen LogP contribution in [0.1, 0.15) is 23.6 Å². The predicted octanol–water partition coefficient (Wildman–Crippen LogP) is 2.73. The number of ether oxygens (including phenoxy) is 1. The maximum atomic E-state index is 12.9. The molecule has 0 saturated carbocycles. The Morgan fingerprint density at radius 2 is 2.25 bits per heavy atom. The average Bonchev–Trinajstić information content (AvgIpc) is 2.17. The molecule has 1 fully saturated rings. The van der Waals surface area contributed by atoms with Crippen LogP contribution in [-0.2, 0) is 4.74 Å². The number of rotatable bonds is 1. The second kappa shape index (κ2) is 5.16. The Morgan fingerprint density at radius 1 is 1.50 bits per heavy atom. The van der Waals surface area contributed by atoms with Gasteiger partial charge in [-0.05, 0) is 30.2 Å². The van der Waals surface area contributed by atoms with Crippen LogP contribution in [0.4, 0.5) is 9.18 Å². The summed E-state index contributed by atoms with van der Waals surface area (Å²) in [7, 11) is 0. The van der Waals surface area contributed by atoms with Crippen molar-refractivity contribution in [2.45, 2.75) is 19.4 Å². The number of hydrogen-bond acceptors (Lipinski definition) is 2. The molecule has 16 heavy (non-hydrogen) atoms. The van der Waals surface area contributed by atoms with Gasteiger partial charge < -0.3 is 10.1 Å². The minimum absolute atomic E-state index is 0. The molecule has 0 aromatic heterocycles. The summed E-state index contributed by atoms with van der Waals surface area (Å²) in [4.78, 5) is 11.0. The zero-order valence-corrected chi connectivity index (χ0v) is 9.64. The molecule has 1 atom stereocenters. The largest absolute Gasteiger partial charge is 0.449 e. The summed E-state index contributed by atoms with van der Waals surface area (Å²) in [5.74, 6) is -0.255. The number of alkyl carbamates (subject to hydrolysis) is 1. The van der Waals surface area contributed by atoms with Gasteiger partial charge >= 0.3 is 6.09 Å². The molecule has 0 spiro atoms. The number of amides is 1. The smallest absolute Gasteiger partial charge is 0.407 e. The number of hydrogen-bond donors (Lipinski definition) is 1. The number of carbonyl (C=O) groups excluding carboxylic acids is 1. The quantitative estimate of drug-likeness (QED) is 0.826. The molecule has 1 N–H and O–H groups in total.